The van der Waals surface area contributed by atoms with Gasteiger partial charge < -0.3 is 4.90 Å². The van der Waals surface area contributed by atoms with Crippen LogP contribution in [0.25, 0.3) is 0 Å². The Kier molecular flexibility index (Phi) is 2.06. The molecule has 1 aliphatic rings. The Morgan fingerprint density at radius 3 is 2.55 bits per heavy atom. The van der Waals surface area contributed by atoms with Crippen LogP contribution in [0.2, 0.25) is 0 Å². The summed E-state index contributed by atoms with van der Waals surface area (Å²) < 4.78 is 35.6. The molecule has 0 bridgehead atoms. The van der Waals surface area contributed by atoms with Crippen LogP contribution in [-0.2, 0) is 0 Å². The summed E-state index contributed by atoms with van der Waals surface area (Å²) in [6, 6.07) is -1.69. The van der Waals surface area contributed by atoms with Crippen LogP contribution in [0.15, 0.2) is 4.99 Å². The minimum Gasteiger partial charge on any atom is -0.346 e. The summed E-state index contributed by atoms with van der Waals surface area (Å²) in [6.45, 7) is 3.22. The van der Waals surface area contributed by atoms with Gasteiger partial charge >= 0.3 is 6.18 Å². The number of nitrogens with zero attached hydrogens (tertiary/aromatic N) is 2. The van der Waals surface area contributed by atoms with E-state index in [1.54, 1.807) is 6.92 Å². The summed E-state index contributed by atoms with van der Waals surface area (Å²) in [4.78, 5) is 4.44. The van der Waals surface area contributed by atoms with E-state index < -0.39 is 12.2 Å². The Morgan fingerprint density at radius 2 is 2.27 bits per heavy atom. The van der Waals surface area contributed by atoms with Gasteiger partial charge in [0.25, 0.3) is 0 Å². The smallest absolute Gasteiger partial charge is 0.346 e. The van der Waals surface area contributed by atoms with Gasteiger partial charge in [-0.2, -0.15) is 13.2 Å². The van der Waals surface area contributed by atoms with E-state index in [-0.39, 0.29) is 0 Å². The lowest BCUT2D eigenvalue weighted by Gasteiger charge is -2.14. The molecule has 2 nitrogen and oxygen atoms in total. The predicted molar refractivity (Wildman–Crippen MR) is 34.0 cm³/mol. The maximum absolute atomic E-state index is 11.9. The lowest BCUT2D eigenvalue weighted by atomic mass is 10.3. The topological polar surface area (TPSA) is 15.6 Å². The number of rotatable bonds is 1. The summed E-state index contributed by atoms with van der Waals surface area (Å²) in [6.07, 6.45) is -2.02. The fraction of sp³-hybridized carbons (Fsp3) is 0.667. The van der Waals surface area contributed by atoms with E-state index in [0.717, 1.165) is 6.54 Å². The summed E-state index contributed by atoms with van der Waals surface area (Å²) in [7, 11) is 0. The maximum atomic E-state index is 11.9. The number of alkyl halides is 3. The molecule has 0 spiro atoms. The molecule has 1 heterocycles. The summed E-state index contributed by atoms with van der Waals surface area (Å²) in [5, 5.41) is 0. The molecule has 0 aromatic heterocycles. The Labute approximate surface area is 62.7 Å². The monoisotopic (exact) mass is 164 g/mol. The number of aliphatic imine (C=N–C) groups is 1. The van der Waals surface area contributed by atoms with Crippen LogP contribution in [0.4, 0.5) is 13.2 Å². The van der Waals surface area contributed by atoms with Crippen molar-refractivity contribution in [2.45, 2.75) is 19.1 Å². The minimum atomic E-state index is -4.27. The zero-order valence-corrected chi connectivity index (χ0v) is 5.89. The van der Waals surface area contributed by atoms with Crippen LogP contribution in [-0.4, -0.2) is 30.0 Å². The van der Waals surface area contributed by atoms with Gasteiger partial charge in [0, 0.05) is 6.54 Å². The number of halogens is 3. The van der Waals surface area contributed by atoms with Gasteiger partial charge in [0.2, 0.25) is 0 Å². The predicted octanol–water partition coefficient (Wildman–Crippen LogP) is 1.32. The van der Waals surface area contributed by atoms with Crippen molar-refractivity contribution in [2.75, 3.05) is 6.54 Å². The SMILES string of the molecule is CCN1[C]=NC(C(F)(F)F)[CH]1. The molecule has 0 saturated heterocycles. The Balaban J connectivity index is 2.50. The van der Waals surface area contributed by atoms with Crippen molar-refractivity contribution < 1.29 is 13.2 Å². The minimum absolute atomic E-state index is 0.468. The molecule has 5 heteroatoms. The molecule has 0 N–H and O–H groups in total. The number of hydrogen-bond acceptors (Lipinski definition) is 2. The van der Waals surface area contributed by atoms with E-state index in [1.165, 1.54) is 4.90 Å². The molecule has 1 aliphatic heterocycles. The van der Waals surface area contributed by atoms with Crippen LogP contribution in [0.3, 0.4) is 0 Å². The van der Waals surface area contributed by atoms with Gasteiger partial charge in [-0.3, -0.25) is 0 Å². The number of likely N-dealkylation sites (N-methyl/N-ethyl adjacent to an activating group) is 1. The first-order valence-corrected chi connectivity index (χ1v) is 3.18. The first-order chi connectivity index (χ1) is 5.04. The molecule has 1 unspecified atom stereocenters. The van der Waals surface area contributed by atoms with Crippen molar-refractivity contribution in [2.24, 2.45) is 4.99 Å². The Bertz CT molecular complexity index is 164. The molecule has 1 rings (SSSR count). The second-order valence-electron chi connectivity index (χ2n) is 2.15. The second-order valence-corrected chi connectivity index (χ2v) is 2.15. The van der Waals surface area contributed by atoms with Gasteiger partial charge in [0.05, 0.1) is 6.54 Å². The van der Waals surface area contributed by atoms with Crippen molar-refractivity contribution >= 4 is 6.34 Å². The first-order valence-electron chi connectivity index (χ1n) is 3.18. The highest BCUT2D eigenvalue weighted by atomic mass is 19.4. The zero-order chi connectivity index (χ0) is 8.48. The van der Waals surface area contributed by atoms with E-state index in [2.05, 4.69) is 11.3 Å². The van der Waals surface area contributed by atoms with Crippen molar-refractivity contribution in [1.29, 1.82) is 0 Å². The Hall–Kier alpha value is -0.740. The highest BCUT2D eigenvalue weighted by Crippen LogP contribution is 2.27. The van der Waals surface area contributed by atoms with E-state index in [0.29, 0.717) is 6.54 Å². The van der Waals surface area contributed by atoms with Crippen LogP contribution < -0.4 is 0 Å². The van der Waals surface area contributed by atoms with E-state index in [9.17, 15) is 13.2 Å². The molecular weight excluding hydrogens is 157 g/mol. The largest absolute Gasteiger partial charge is 0.412 e. The molecular formula is C6H7F3N2. The fourth-order valence-corrected chi connectivity index (χ4v) is 0.707. The normalized spacial score (nSPS) is 24.7. The van der Waals surface area contributed by atoms with Crippen LogP contribution in [0, 0.1) is 6.54 Å². The van der Waals surface area contributed by atoms with Crippen LogP contribution in [0.5, 0.6) is 0 Å². The van der Waals surface area contributed by atoms with E-state index >= 15 is 0 Å². The average molecular weight is 164 g/mol. The quantitative estimate of drug-likeness (QED) is 0.570. The third-order valence-electron chi connectivity index (χ3n) is 1.32. The van der Waals surface area contributed by atoms with Gasteiger partial charge in [0.15, 0.2) is 12.4 Å². The highest BCUT2D eigenvalue weighted by molar-refractivity contribution is 5.59. The molecule has 1 atom stereocenters. The van der Waals surface area contributed by atoms with Crippen LogP contribution >= 0.6 is 0 Å². The van der Waals surface area contributed by atoms with Gasteiger partial charge in [0.1, 0.15) is 0 Å². The van der Waals surface area contributed by atoms with E-state index in [4.69, 9.17) is 0 Å². The summed E-state index contributed by atoms with van der Waals surface area (Å²) in [5.41, 5.74) is 0. The lowest BCUT2D eigenvalue weighted by molar-refractivity contribution is -0.140. The summed E-state index contributed by atoms with van der Waals surface area (Å²) >= 11 is 0. The molecule has 0 fully saturated rings. The zero-order valence-electron chi connectivity index (χ0n) is 5.89. The molecule has 11 heavy (non-hydrogen) atoms. The average Bonchev–Trinajstić information content (AvgIpc) is 2.32. The van der Waals surface area contributed by atoms with Gasteiger partial charge in [-0.25, -0.2) is 4.99 Å². The van der Waals surface area contributed by atoms with Crippen molar-refractivity contribution in [3.05, 3.63) is 6.54 Å². The van der Waals surface area contributed by atoms with Gasteiger partial charge in [-0.15, -0.1) is 0 Å². The standard InChI is InChI=1S/C6H7F3N2/c1-2-11-3-5(10-4-11)6(7,8)9/h3,5H,2H2,1H3. The second kappa shape index (κ2) is 2.71. The third kappa shape index (κ3) is 1.85. The summed E-state index contributed by atoms with van der Waals surface area (Å²) in [5.74, 6) is 0. The van der Waals surface area contributed by atoms with Gasteiger partial charge in [-0.05, 0) is 6.92 Å². The highest BCUT2D eigenvalue weighted by Gasteiger charge is 2.42. The molecule has 0 amide bonds. The molecule has 0 saturated carbocycles. The van der Waals surface area contributed by atoms with Gasteiger partial charge in [-0.1, -0.05) is 0 Å². The fourth-order valence-electron chi connectivity index (χ4n) is 0.707. The molecule has 2 radical (unpaired) electrons. The van der Waals surface area contributed by atoms with Crippen LogP contribution in [0.1, 0.15) is 6.92 Å². The number of hydrogen-bond donors (Lipinski definition) is 0. The lowest BCUT2D eigenvalue weighted by Crippen LogP contribution is -2.28. The molecule has 0 aromatic rings. The van der Waals surface area contributed by atoms with Crippen molar-refractivity contribution in [1.82, 2.24) is 4.90 Å². The van der Waals surface area contributed by atoms with Crippen molar-refractivity contribution in [3.63, 3.8) is 0 Å². The molecule has 62 valence electrons. The maximum Gasteiger partial charge on any atom is 0.412 e. The first kappa shape index (κ1) is 8.36. The molecule has 0 aromatic carbocycles. The van der Waals surface area contributed by atoms with Crippen molar-refractivity contribution in [3.8, 4) is 0 Å². The Morgan fingerprint density at radius 1 is 1.64 bits per heavy atom. The van der Waals surface area contributed by atoms with E-state index in [1.807, 2.05) is 0 Å². The third-order valence-corrected chi connectivity index (χ3v) is 1.32. The molecule has 0 aliphatic carbocycles.